The van der Waals surface area contributed by atoms with Gasteiger partial charge in [0.2, 0.25) is 0 Å². The summed E-state index contributed by atoms with van der Waals surface area (Å²) in [5.41, 5.74) is 0.654. The summed E-state index contributed by atoms with van der Waals surface area (Å²) in [4.78, 5) is 11.3. The van der Waals surface area contributed by atoms with Gasteiger partial charge in [-0.3, -0.25) is 4.79 Å². The van der Waals surface area contributed by atoms with Gasteiger partial charge in [-0.25, -0.2) is 0 Å². The number of carbonyl (C=O) groups is 1. The highest BCUT2D eigenvalue weighted by atomic mass is 79.9. The molecule has 0 aliphatic carbocycles. The summed E-state index contributed by atoms with van der Waals surface area (Å²) in [6.07, 6.45) is 0. The van der Waals surface area contributed by atoms with Gasteiger partial charge in [0.1, 0.15) is 11.5 Å². The summed E-state index contributed by atoms with van der Waals surface area (Å²) in [7, 11) is 0. The first-order valence-corrected chi connectivity index (χ1v) is 6.89. The lowest BCUT2D eigenvalue weighted by molar-refractivity contribution is 0.101. The van der Waals surface area contributed by atoms with Crippen molar-refractivity contribution >= 4 is 37.6 Å². The summed E-state index contributed by atoms with van der Waals surface area (Å²) < 4.78 is 7.41. The van der Waals surface area contributed by atoms with E-state index in [2.05, 4.69) is 31.9 Å². The van der Waals surface area contributed by atoms with E-state index >= 15 is 0 Å². The zero-order valence-electron chi connectivity index (χ0n) is 9.61. The largest absolute Gasteiger partial charge is 0.455 e. The van der Waals surface area contributed by atoms with E-state index in [0.29, 0.717) is 11.3 Å². The average molecular weight is 370 g/mol. The van der Waals surface area contributed by atoms with Crippen LogP contribution in [0.5, 0.6) is 11.5 Å². The van der Waals surface area contributed by atoms with Crippen LogP contribution in [0.15, 0.2) is 51.4 Å². The normalized spacial score (nSPS) is 10.2. The van der Waals surface area contributed by atoms with Gasteiger partial charge in [0.15, 0.2) is 5.78 Å². The monoisotopic (exact) mass is 368 g/mol. The molecule has 2 aromatic rings. The van der Waals surface area contributed by atoms with Gasteiger partial charge in [0.05, 0.1) is 8.95 Å². The number of benzene rings is 2. The summed E-state index contributed by atoms with van der Waals surface area (Å²) >= 11 is 6.83. The van der Waals surface area contributed by atoms with E-state index in [0.717, 1.165) is 14.7 Å². The molecule has 0 spiro atoms. The van der Waals surface area contributed by atoms with Crippen molar-refractivity contribution in [2.75, 3.05) is 0 Å². The molecule has 2 aromatic carbocycles. The molecule has 2 rings (SSSR count). The molecule has 92 valence electrons. The van der Waals surface area contributed by atoms with Crippen molar-refractivity contribution in [1.29, 1.82) is 0 Å². The zero-order valence-corrected chi connectivity index (χ0v) is 12.8. The highest BCUT2D eigenvalue weighted by Gasteiger charge is 2.08. The second kappa shape index (κ2) is 5.67. The Morgan fingerprint density at radius 2 is 1.67 bits per heavy atom. The molecule has 0 amide bonds. The fourth-order valence-corrected chi connectivity index (χ4v) is 2.27. The fraction of sp³-hybridized carbons (Fsp3) is 0.0714. The molecular formula is C14H10Br2O2. The first kappa shape index (κ1) is 13.3. The molecule has 0 aromatic heterocycles. The number of rotatable bonds is 3. The van der Waals surface area contributed by atoms with E-state index < -0.39 is 0 Å². The molecule has 0 fully saturated rings. The third kappa shape index (κ3) is 3.00. The van der Waals surface area contributed by atoms with E-state index in [1.807, 2.05) is 24.3 Å². The summed E-state index contributed by atoms with van der Waals surface area (Å²) in [5, 5.41) is 0. The van der Waals surface area contributed by atoms with Crippen LogP contribution in [0, 0.1) is 0 Å². The third-order valence-corrected chi connectivity index (χ3v) is 3.67. The van der Waals surface area contributed by atoms with E-state index in [4.69, 9.17) is 4.74 Å². The number of carbonyl (C=O) groups excluding carboxylic acids is 1. The Morgan fingerprint density at radius 3 is 2.28 bits per heavy atom. The number of hydrogen-bond donors (Lipinski definition) is 0. The van der Waals surface area contributed by atoms with Crippen LogP contribution in [0.3, 0.4) is 0 Å². The molecule has 0 saturated heterocycles. The van der Waals surface area contributed by atoms with Gasteiger partial charge in [-0.2, -0.15) is 0 Å². The Balaban J connectivity index is 2.30. The number of para-hydroxylation sites is 1. The van der Waals surface area contributed by atoms with Gasteiger partial charge in [0, 0.05) is 5.56 Å². The lowest BCUT2D eigenvalue weighted by Crippen LogP contribution is -1.93. The molecule has 0 aliphatic rings. The molecule has 0 atom stereocenters. The van der Waals surface area contributed by atoms with Gasteiger partial charge in [-0.15, -0.1) is 0 Å². The molecule has 0 saturated carbocycles. The van der Waals surface area contributed by atoms with Crippen LogP contribution in [0.1, 0.15) is 17.3 Å². The van der Waals surface area contributed by atoms with E-state index in [1.165, 1.54) is 6.92 Å². The Labute approximate surface area is 122 Å². The number of ketones is 1. The highest BCUT2D eigenvalue weighted by molar-refractivity contribution is 9.11. The number of hydrogen-bond acceptors (Lipinski definition) is 2. The van der Waals surface area contributed by atoms with Gasteiger partial charge < -0.3 is 4.74 Å². The second-order valence-corrected chi connectivity index (χ2v) is 5.44. The molecule has 0 unspecified atom stereocenters. The van der Waals surface area contributed by atoms with Crippen molar-refractivity contribution in [3.63, 3.8) is 0 Å². The predicted octanol–water partition coefficient (Wildman–Crippen LogP) is 5.21. The van der Waals surface area contributed by atoms with Crippen molar-refractivity contribution in [1.82, 2.24) is 0 Å². The molecule has 0 N–H and O–H groups in total. The second-order valence-electron chi connectivity index (χ2n) is 3.73. The fourth-order valence-electron chi connectivity index (χ4n) is 1.45. The number of halogens is 2. The van der Waals surface area contributed by atoms with Gasteiger partial charge in [-0.05, 0) is 69.1 Å². The maximum Gasteiger partial charge on any atom is 0.159 e. The Hall–Kier alpha value is -1.13. The number of Topliss-reactive ketones (excluding diaryl/α,β-unsaturated/α-hetero) is 1. The summed E-state index contributed by atoms with van der Waals surface area (Å²) in [6, 6.07) is 12.9. The van der Waals surface area contributed by atoms with Crippen LogP contribution in [0.2, 0.25) is 0 Å². The maximum absolute atomic E-state index is 11.3. The van der Waals surface area contributed by atoms with Crippen LogP contribution in [-0.4, -0.2) is 5.78 Å². The first-order chi connectivity index (χ1) is 8.58. The van der Waals surface area contributed by atoms with Crippen LogP contribution in [0.25, 0.3) is 0 Å². The zero-order chi connectivity index (χ0) is 13.1. The smallest absolute Gasteiger partial charge is 0.159 e. The predicted molar refractivity (Wildman–Crippen MR) is 78.4 cm³/mol. The minimum absolute atomic E-state index is 0.0307. The molecule has 4 heteroatoms. The summed E-state index contributed by atoms with van der Waals surface area (Å²) in [5.74, 6) is 1.43. The average Bonchev–Trinajstić information content (AvgIpc) is 2.34. The third-order valence-electron chi connectivity index (χ3n) is 2.39. The van der Waals surface area contributed by atoms with Crippen molar-refractivity contribution in [2.45, 2.75) is 6.92 Å². The van der Waals surface area contributed by atoms with Crippen molar-refractivity contribution in [2.24, 2.45) is 0 Å². The lowest BCUT2D eigenvalue weighted by Gasteiger charge is -2.09. The minimum atomic E-state index is 0.0307. The molecule has 0 aliphatic heterocycles. The Morgan fingerprint density at radius 1 is 1.00 bits per heavy atom. The Bertz CT molecular complexity index is 594. The van der Waals surface area contributed by atoms with E-state index in [-0.39, 0.29) is 5.78 Å². The molecule has 0 bridgehead atoms. The van der Waals surface area contributed by atoms with E-state index in [1.54, 1.807) is 18.2 Å². The van der Waals surface area contributed by atoms with E-state index in [9.17, 15) is 4.79 Å². The Kier molecular flexibility index (Phi) is 4.19. The lowest BCUT2D eigenvalue weighted by atomic mass is 10.1. The minimum Gasteiger partial charge on any atom is -0.455 e. The van der Waals surface area contributed by atoms with Crippen molar-refractivity contribution in [3.05, 3.63) is 57.0 Å². The van der Waals surface area contributed by atoms with Gasteiger partial charge >= 0.3 is 0 Å². The highest BCUT2D eigenvalue weighted by Crippen LogP contribution is 2.34. The molecular weight excluding hydrogens is 360 g/mol. The standard InChI is InChI=1S/C14H10Br2O2/c1-9(17)10-6-7-14(12(16)8-10)18-13-5-3-2-4-11(13)15/h2-8H,1H3. The van der Waals surface area contributed by atoms with Crippen LogP contribution < -0.4 is 4.74 Å². The molecule has 0 heterocycles. The van der Waals surface area contributed by atoms with Crippen LogP contribution in [0.4, 0.5) is 0 Å². The summed E-state index contributed by atoms with van der Waals surface area (Å²) in [6.45, 7) is 1.54. The SMILES string of the molecule is CC(=O)c1ccc(Oc2ccccc2Br)c(Br)c1. The molecule has 2 nitrogen and oxygen atoms in total. The molecule has 18 heavy (non-hydrogen) atoms. The van der Waals surface area contributed by atoms with Crippen LogP contribution in [-0.2, 0) is 0 Å². The van der Waals surface area contributed by atoms with Crippen molar-refractivity contribution < 1.29 is 9.53 Å². The number of ether oxygens (including phenoxy) is 1. The van der Waals surface area contributed by atoms with Gasteiger partial charge in [0.25, 0.3) is 0 Å². The molecule has 0 radical (unpaired) electrons. The van der Waals surface area contributed by atoms with Crippen molar-refractivity contribution in [3.8, 4) is 11.5 Å². The maximum atomic E-state index is 11.3. The topological polar surface area (TPSA) is 26.3 Å². The van der Waals surface area contributed by atoms with Crippen LogP contribution >= 0.6 is 31.9 Å². The van der Waals surface area contributed by atoms with Gasteiger partial charge in [-0.1, -0.05) is 12.1 Å². The quantitative estimate of drug-likeness (QED) is 0.694. The first-order valence-electron chi connectivity index (χ1n) is 5.31.